The molecule has 0 unspecified atom stereocenters. The zero-order chi connectivity index (χ0) is 24.3. The van der Waals surface area contributed by atoms with Crippen LogP contribution in [0.25, 0.3) is 0 Å². The van der Waals surface area contributed by atoms with Crippen molar-refractivity contribution < 1.29 is 32.6 Å². The van der Waals surface area contributed by atoms with Gasteiger partial charge in [-0.25, -0.2) is 0 Å². The molecule has 1 spiro atoms. The number of hydrogen-bond donors (Lipinski definition) is 2. The van der Waals surface area contributed by atoms with E-state index >= 15 is 0 Å². The van der Waals surface area contributed by atoms with E-state index in [9.17, 15) is 27.9 Å². The topological polar surface area (TPSA) is 82.1 Å². The molecule has 0 aromatic heterocycles. The molecule has 10 heteroatoms. The van der Waals surface area contributed by atoms with Crippen molar-refractivity contribution in [3.05, 3.63) is 59.7 Å². The molecular weight excluding hydrogens is 451 g/mol. The number of aromatic hydroxyl groups is 1. The Labute approximate surface area is 195 Å². The molecule has 182 valence electrons. The average molecular weight is 477 g/mol. The van der Waals surface area contributed by atoms with Crippen LogP contribution in [-0.2, 0) is 15.7 Å². The number of carbonyl (C=O) groups excluding carboxylic acids is 2. The number of rotatable bonds is 4. The molecule has 0 saturated carbocycles. The highest BCUT2D eigenvalue weighted by molar-refractivity contribution is 5.94. The molecule has 2 aromatic rings. The van der Waals surface area contributed by atoms with E-state index in [1.54, 1.807) is 17.0 Å². The molecule has 2 saturated heterocycles. The van der Waals surface area contributed by atoms with Crippen molar-refractivity contribution in [2.45, 2.75) is 24.6 Å². The highest BCUT2D eigenvalue weighted by Crippen LogP contribution is 2.32. The van der Waals surface area contributed by atoms with Gasteiger partial charge < -0.3 is 20.1 Å². The number of piperidine rings is 1. The van der Waals surface area contributed by atoms with Crippen molar-refractivity contribution in [3.8, 4) is 5.75 Å². The molecular formula is C24H26F3N3O4. The van der Waals surface area contributed by atoms with E-state index in [4.69, 9.17) is 4.74 Å². The fourth-order valence-electron chi connectivity index (χ4n) is 4.45. The molecule has 2 heterocycles. The SMILES string of the molecule is O=C(CN1CCOC2(CCN(C(=O)c3cccc(O)c3)CC2)C1)Nc1ccc(C(F)(F)F)cc1. The van der Waals surface area contributed by atoms with E-state index < -0.39 is 17.3 Å². The number of likely N-dealkylation sites (tertiary alicyclic amines) is 1. The first-order chi connectivity index (χ1) is 16.1. The molecule has 0 atom stereocenters. The predicted octanol–water partition coefficient (Wildman–Crippen LogP) is 3.36. The Morgan fingerprint density at radius 1 is 1.06 bits per heavy atom. The van der Waals surface area contributed by atoms with Gasteiger partial charge in [0, 0.05) is 37.4 Å². The molecule has 0 aliphatic carbocycles. The minimum Gasteiger partial charge on any atom is -0.508 e. The maximum atomic E-state index is 12.7. The van der Waals surface area contributed by atoms with Crippen LogP contribution in [0, 0.1) is 0 Å². The van der Waals surface area contributed by atoms with Gasteiger partial charge in [0.15, 0.2) is 0 Å². The number of carbonyl (C=O) groups is 2. The first-order valence-electron chi connectivity index (χ1n) is 11.1. The van der Waals surface area contributed by atoms with Gasteiger partial charge in [0.25, 0.3) is 5.91 Å². The van der Waals surface area contributed by atoms with Gasteiger partial charge in [0.1, 0.15) is 5.75 Å². The lowest BCUT2D eigenvalue weighted by Gasteiger charge is -2.47. The summed E-state index contributed by atoms with van der Waals surface area (Å²) in [6, 6.07) is 10.6. The van der Waals surface area contributed by atoms with Gasteiger partial charge in [-0.1, -0.05) is 6.07 Å². The van der Waals surface area contributed by atoms with Crippen LogP contribution in [0.2, 0.25) is 0 Å². The van der Waals surface area contributed by atoms with Crippen LogP contribution in [0.3, 0.4) is 0 Å². The molecule has 34 heavy (non-hydrogen) atoms. The van der Waals surface area contributed by atoms with Crippen LogP contribution < -0.4 is 5.32 Å². The number of phenols is 1. The van der Waals surface area contributed by atoms with Gasteiger partial charge in [-0.05, 0) is 55.3 Å². The van der Waals surface area contributed by atoms with Crippen LogP contribution in [-0.4, -0.2) is 71.7 Å². The number of nitrogens with zero attached hydrogens (tertiary/aromatic N) is 2. The van der Waals surface area contributed by atoms with Crippen molar-refractivity contribution in [1.82, 2.24) is 9.80 Å². The molecule has 0 radical (unpaired) electrons. The number of halogens is 3. The van der Waals surface area contributed by atoms with Gasteiger partial charge in [-0.3, -0.25) is 14.5 Å². The lowest BCUT2D eigenvalue weighted by molar-refractivity contribution is -0.139. The molecule has 2 amide bonds. The second-order valence-electron chi connectivity index (χ2n) is 8.71. The van der Waals surface area contributed by atoms with Crippen LogP contribution in [0.5, 0.6) is 5.75 Å². The number of anilines is 1. The van der Waals surface area contributed by atoms with Crippen LogP contribution in [0.15, 0.2) is 48.5 Å². The molecule has 7 nitrogen and oxygen atoms in total. The number of morpholine rings is 1. The second kappa shape index (κ2) is 9.63. The molecule has 2 N–H and O–H groups in total. The first-order valence-corrected chi connectivity index (χ1v) is 11.1. The Morgan fingerprint density at radius 3 is 2.41 bits per heavy atom. The maximum absolute atomic E-state index is 12.7. The molecule has 2 aromatic carbocycles. The average Bonchev–Trinajstić information content (AvgIpc) is 2.79. The zero-order valence-corrected chi connectivity index (χ0v) is 18.5. The van der Waals surface area contributed by atoms with Gasteiger partial charge in [-0.15, -0.1) is 0 Å². The molecule has 2 aliphatic heterocycles. The summed E-state index contributed by atoms with van der Waals surface area (Å²) in [4.78, 5) is 28.9. The lowest BCUT2D eigenvalue weighted by Crippen LogP contribution is -2.58. The summed E-state index contributed by atoms with van der Waals surface area (Å²) in [6.45, 7) is 2.64. The minimum atomic E-state index is -4.42. The summed E-state index contributed by atoms with van der Waals surface area (Å²) in [5.41, 5.74) is -0.487. The normalized spacial score (nSPS) is 18.6. The third-order valence-electron chi connectivity index (χ3n) is 6.25. The zero-order valence-electron chi connectivity index (χ0n) is 18.5. The summed E-state index contributed by atoms with van der Waals surface area (Å²) in [6.07, 6.45) is -3.18. The quantitative estimate of drug-likeness (QED) is 0.706. The summed E-state index contributed by atoms with van der Waals surface area (Å²) in [5.74, 6) is -0.414. The van der Waals surface area contributed by atoms with Crippen molar-refractivity contribution >= 4 is 17.5 Å². The number of alkyl halides is 3. The van der Waals surface area contributed by atoms with E-state index in [2.05, 4.69) is 5.32 Å². The van der Waals surface area contributed by atoms with E-state index in [1.807, 2.05) is 4.90 Å². The van der Waals surface area contributed by atoms with Crippen molar-refractivity contribution in [2.24, 2.45) is 0 Å². The van der Waals surface area contributed by atoms with E-state index in [1.165, 1.54) is 24.3 Å². The van der Waals surface area contributed by atoms with Gasteiger partial charge in [0.05, 0.1) is 24.3 Å². The number of hydrogen-bond acceptors (Lipinski definition) is 5. The van der Waals surface area contributed by atoms with Crippen LogP contribution in [0.4, 0.5) is 18.9 Å². The monoisotopic (exact) mass is 477 g/mol. The number of amides is 2. The number of ether oxygens (including phenoxy) is 1. The summed E-state index contributed by atoms with van der Waals surface area (Å²) >= 11 is 0. The van der Waals surface area contributed by atoms with Crippen molar-refractivity contribution in [1.29, 1.82) is 0 Å². The summed E-state index contributed by atoms with van der Waals surface area (Å²) < 4.78 is 44.2. The smallest absolute Gasteiger partial charge is 0.416 e. The predicted molar refractivity (Wildman–Crippen MR) is 118 cm³/mol. The van der Waals surface area contributed by atoms with E-state index in [0.717, 1.165) is 12.1 Å². The Kier molecular flexibility index (Phi) is 6.81. The third-order valence-corrected chi connectivity index (χ3v) is 6.25. The fraction of sp³-hybridized carbons (Fsp3) is 0.417. The van der Waals surface area contributed by atoms with Gasteiger partial charge >= 0.3 is 6.18 Å². The second-order valence-corrected chi connectivity index (χ2v) is 8.71. The molecule has 2 aliphatic rings. The minimum absolute atomic E-state index is 0.0418. The maximum Gasteiger partial charge on any atom is 0.416 e. The number of benzene rings is 2. The highest BCUT2D eigenvalue weighted by Gasteiger charge is 2.41. The van der Waals surface area contributed by atoms with Crippen molar-refractivity contribution in [3.63, 3.8) is 0 Å². The standard InChI is InChI=1S/C24H26F3N3O4/c25-24(26,27)18-4-6-19(7-5-18)28-21(32)15-29-12-13-34-23(16-29)8-10-30(11-9-23)22(33)17-2-1-3-20(31)14-17/h1-7,14,31H,8-13,15-16H2,(H,28,32). The number of phenolic OH excluding ortho intramolecular Hbond substituents is 1. The molecule has 2 fully saturated rings. The first kappa shape index (κ1) is 24.0. The fourth-order valence-corrected chi connectivity index (χ4v) is 4.45. The third kappa shape index (κ3) is 5.68. The van der Waals surface area contributed by atoms with Gasteiger partial charge in [-0.2, -0.15) is 13.2 Å². The van der Waals surface area contributed by atoms with Crippen LogP contribution in [0.1, 0.15) is 28.8 Å². The van der Waals surface area contributed by atoms with Gasteiger partial charge in [0.2, 0.25) is 5.91 Å². The largest absolute Gasteiger partial charge is 0.508 e. The molecule has 0 bridgehead atoms. The van der Waals surface area contributed by atoms with Crippen LogP contribution >= 0.6 is 0 Å². The van der Waals surface area contributed by atoms with E-state index in [0.29, 0.717) is 56.9 Å². The Hall–Kier alpha value is -3.11. The summed E-state index contributed by atoms with van der Waals surface area (Å²) in [7, 11) is 0. The Balaban J connectivity index is 1.29. The number of nitrogens with one attached hydrogen (secondary N) is 1. The highest BCUT2D eigenvalue weighted by atomic mass is 19.4. The summed E-state index contributed by atoms with van der Waals surface area (Å²) in [5, 5.41) is 12.3. The Bertz CT molecular complexity index is 1030. The lowest BCUT2D eigenvalue weighted by atomic mass is 9.89. The Morgan fingerprint density at radius 2 is 1.76 bits per heavy atom. The van der Waals surface area contributed by atoms with Crippen molar-refractivity contribution in [2.75, 3.05) is 44.6 Å². The van der Waals surface area contributed by atoms with E-state index in [-0.39, 0.29) is 24.1 Å². The molecule has 4 rings (SSSR count).